The SMILES string of the molecule is NNC(=O)CNS(=O)(=O)c1ccc(-c2ccccc2Cl)cc1. The van der Waals surface area contributed by atoms with Crippen molar-refractivity contribution < 1.29 is 13.2 Å². The van der Waals surface area contributed by atoms with Crippen LogP contribution in [0.25, 0.3) is 11.1 Å². The number of rotatable bonds is 5. The zero-order chi connectivity index (χ0) is 16.2. The molecule has 116 valence electrons. The molecular formula is C14H14ClN3O3S. The lowest BCUT2D eigenvalue weighted by atomic mass is 10.1. The Labute approximate surface area is 133 Å². The van der Waals surface area contributed by atoms with Crippen molar-refractivity contribution >= 4 is 27.5 Å². The Morgan fingerprint density at radius 1 is 1.09 bits per heavy atom. The van der Waals surface area contributed by atoms with Crippen LogP contribution < -0.4 is 16.0 Å². The van der Waals surface area contributed by atoms with E-state index in [1.807, 2.05) is 23.6 Å². The molecular weight excluding hydrogens is 326 g/mol. The second-order valence-corrected chi connectivity index (χ2v) is 6.57. The van der Waals surface area contributed by atoms with E-state index in [1.165, 1.54) is 12.1 Å². The van der Waals surface area contributed by atoms with Gasteiger partial charge < -0.3 is 0 Å². The minimum absolute atomic E-state index is 0.0492. The molecule has 2 aromatic rings. The maximum atomic E-state index is 12.0. The van der Waals surface area contributed by atoms with Gasteiger partial charge in [0.2, 0.25) is 15.9 Å². The summed E-state index contributed by atoms with van der Waals surface area (Å²) in [5, 5.41) is 0.579. The number of nitrogens with one attached hydrogen (secondary N) is 2. The van der Waals surface area contributed by atoms with Gasteiger partial charge in [-0.25, -0.2) is 19.0 Å². The van der Waals surface area contributed by atoms with Crippen LogP contribution in [0.15, 0.2) is 53.4 Å². The van der Waals surface area contributed by atoms with Gasteiger partial charge >= 0.3 is 0 Å². The highest BCUT2D eigenvalue weighted by molar-refractivity contribution is 7.89. The highest BCUT2D eigenvalue weighted by atomic mass is 35.5. The second kappa shape index (κ2) is 6.89. The van der Waals surface area contributed by atoms with Crippen LogP contribution in [0, 0.1) is 0 Å². The number of benzene rings is 2. The predicted octanol–water partition coefficient (Wildman–Crippen LogP) is 1.28. The normalized spacial score (nSPS) is 11.2. The van der Waals surface area contributed by atoms with Gasteiger partial charge in [-0.2, -0.15) is 0 Å². The van der Waals surface area contributed by atoms with E-state index in [-0.39, 0.29) is 4.90 Å². The lowest BCUT2D eigenvalue weighted by molar-refractivity contribution is -0.120. The molecule has 0 aliphatic heterocycles. The summed E-state index contributed by atoms with van der Waals surface area (Å²) in [5.41, 5.74) is 3.45. The third-order valence-electron chi connectivity index (χ3n) is 2.93. The molecule has 8 heteroatoms. The first-order valence-electron chi connectivity index (χ1n) is 6.28. The van der Waals surface area contributed by atoms with Crippen molar-refractivity contribution in [2.75, 3.05) is 6.54 Å². The minimum Gasteiger partial charge on any atom is -0.293 e. The smallest absolute Gasteiger partial charge is 0.248 e. The molecule has 22 heavy (non-hydrogen) atoms. The highest BCUT2D eigenvalue weighted by Crippen LogP contribution is 2.28. The van der Waals surface area contributed by atoms with Crippen molar-refractivity contribution in [2.45, 2.75) is 4.90 Å². The number of amides is 1. The van der Waals surface area contributed by atoms with Gasteiger partial charge in [-0.3, -0.25) is 10.2 Å². The molecule has 0 aromatic heterocycles. The molecule has 2 aromatic carbocycles. The fourth-order valence-electron chi connectivity index (χ4n) is 1.80. The maximum Gasteiger partial charge on any atom is 0.248 e. The van der Waals surface area contributed by atoms with Crippen molar-refractivity contribution in [2.24, 2.45) is 5.84 Å². The third kappa shape index (κ3) is 3.83. The Kier molecular flexibility index (Phi) is 5.15. The summed E-state index contributed by atoms with van der Waals surface area (Å²) in [6.45, 7) is -0.425. The standard InChI is InChI=1S/C14H14ClN3O3S/c15-13-4-2-1-3-12(13)10-5-7-11(8-6-10)22(20,21)17-9-14(19)18-16/h1-8,17H,9,16H2,(H,18,19). The first-order valence-corrected chi connectivity index (χ1v) is 8.14. The minimum atomic E-state index is -3.77. The molecule has 4 N–H and O–H groups in total. The van der Waals surface area contributed by atoms with Gasteiger partial charge in [0.25, 0.3) is 0 Å². The number of carbonyl (C=O) groups is 1. The van der Waals surface area contributed by atoms with Crippen molar-refractivity contribution in [3.05, 3.63) is 53.6 Å². The van der Waals surface area contributed by atoms with E-state index in [0.29, 0.717) is 5.02 Å². The van der Waals surface area contributed by atoms with E-state index in [2.05, 4.69) is 4.72 Å². The van der Waals surface area contributed by atoms with Crippen LogP contribution >= 0.6 is 11.6 Å². The molecule has 0 spiro atoms. The van der Waals surface area contributed by atoms with Gasteiger partial charge in [-0.05, 0) is 23.8 Å². The van der Waals surface area contributed by atoms with Crippen molar-refractivity contribution in [3.8, 4) is 11.1 Å². The molecule has 0 aliphatic rings. The summed E-state index contributed by atoms with van der Waals surface area (Å²) in [5.74, 6) is 4.26. The molecule has 0 radical (unpaired) electrons. The largest absolute Gasteiger partial charge is 0.293 e. The topological polar surface area (TPSA) is 101 Å². The summed E-state index contributed by atoms with van der Waals surface area (Å²) in [6, 6.07) is 13.5. The van der Waals surface area contributed by atoms with Crippen molar-refractivity contribution in [1.29, 1.82) is 0 Å². The van der Waals surface area contributed by atoms with E-state index in [1.54, 1.807) is 18.2 Å². The fraction of sp³-hybridized carbons (Fsp3) is 0.0714. The van der Waals surface area contributed by atoms with Crippen molar-refractivity contribution in [1.82, 2.24) is 10.1 Å². The Balaban J connectivity index is 2.22. The molecule has 6 nitrogen and oxygen atoms in total. The summed E-state index contributed by atoms with van der Waals surface area (Å²) < 4.78 is 26.2. The molecule has 0 fully saturated rings. The van der Waals surface area contributed by atoms with Crippen LogP contribution in [-0.2, 0) is 14.8 Å². The lowest BCUT2D eigenvalue weighted by Gasteiger charge is -2.08. The number of hydrogen-bond donors (Lipinski definition) is 3. The average Bonchev–Trinajstić information content (AvgIpc) is 2.53. The molecule has 1 amide bonds. The van der Waals surface area contributed by atoms with E-state index in [0.717, 1.165) is 11.1 Å². The van der Waals surface area contributed by atoms with Gasteiger partial charge in [0, 0.05) is 10.6 Å². The second-order valence-electron chi connectivity index (χ2n) is 4.40. The molecule has 0 atom stereocenters. The first-order chi connectivity index (χ1) is 10.4. The number of sulfonamides is 1. The zero-order valence-electron chi connectivity index (χ0n) is 11.4. The van der Waals surface area contributed by atoms with Crippen LogP contribution in [0.1, 0.15) is 0 Å². The van der Waals surface area contributed by atoms with Crippen LogP contribution in [-0.4, -0.2) is 20.9 Å². The van der Waals surface area contributed by atoms with E-state index in [9.17, 15) is 13.2 Å². The third-order valence-corrected chi connectivity index (χ3v) is 4.68. The van der Waals surface area contributed by atoms with Crippen molar-refractivity contribution in [3.63, 3.8) is 0 Å². The van der Waals surface area contributed by atoms with Crippen LogP contribution in [0.4, 0.5) is 0 Å². The number of halogens is 1. The van der Waals surface area contributed by atoms with Gasteiger partial charge in [0.1, 0.15) is 0 Å². The summed E-state index contributed by atoms with van der Waals surface area (Å²) >= 11 is 6.10. The van der Waals surface area contributed by atoms with Gasteiger partial charge in [0.15, 0.2) is 0 Å². The molecule has 0 aliphatic carbocycles. The molecule has 0 unspecified atom stereocenters. The monoisotopic (exact) mass is 339 g/mol. The average molecular weight is 340 g/mol. The quantitative estimate of drug-likeness (QED) is 0.434. The summed E-state index contributed by atoms with van der Waals surface area (Å²) in [7, 11) is -3.77. The molecule has 2 rings (SSSR count). The lowest BCUT2D eigenvalue weighted by Crippen LogP contribution is -2.40. The van der Waals surface area contributed by atoms with Crippen LogP contribution in [0.3, 0.4) is 0 Å². The summed E-state index contributed by atoms with van der Waals surface area (Å²) in [4.78, 5) is 11.0. The van der Waals surface area contributed by atoms with Gasteiger partial charge in [-0.1, -0.05) is 41.9 Å². The van der Waals surface area contributed by atoms with Gasteiger partial charge in [-0.15, -0.1) is 0 Å². The Bertz CT molecular complexity index is 776. The van der Waals surface area contributed by atoms with E-state index >= 15 is 0 Å². The van der Waals surface area contributed by atoms with E-state index in [4.69, 9.17) is 17.4 Å². The number of hydrogen-bond acceptors (Lipinski definition) is 4. The molecule has 0 bridgehead atoms. The number of carbonyl (C=O) groups excluding carboxylic acids is 1. The van der Waals surface area contributed by atoms with Crippen LogP contribution in [0.2, 0.25) is 5.02 Å². The fourth-order valence-corrected chi connectivity index (χ4v) is 3.03. The van der Waals surface area contributed by atoms with Crippen LogP contribution in [0.5, 0.6) is 0 Å². The van der Waals surface area contributed by atoms with E-state index < -0.39 is 22.5 Å². The molecule has 0 saturated carbocycles. The Morgan fingerprint density at radius 2 is 1.73 bits per heavy atom. The number of nitrogens with two attached hydrogens (primary N) is 1. The molecule has 0 saturated heterocycles. The van der Waals surface area contributed by atoms with Gasteiger partial charge in [0.05, 0.1) is 11.4 Å². The maximum absolute atomic E-state index is 12.0. The first kappa shape index (κ1) is 16.4. The number of hydrazine groups is 1. The molecule has 0 heterocycles. The summed E-state index contributed by atoms with van der Waals surface area (Å²) in [6.07, 6.45) is 0. The zero-order valence-corrected chi connectivity index (χ0v) is 13.0. The Morgan fingerprint density at radius 3 is 2.32 bits per heavy atom. The predicted molar refractivity (Wildman–Crippen MR) is 84.4 cm³/mol. The highest BCUT2D eigenvalue weighted by Gasteiger charge is 2.15. The Hall–Kier alpha value is -1.93.